The average Bonchev–Trinajstić information content (AvgIpc) is 3.24. The molecule has 5 rings (SSSR count). The Morgan fingerprint density at radius 2 is 1.77 bits per heavy atom. The van der Waals surface area contributed by atoms with Crippen LogP contribution >= 0.6 is 0 Å². The van der Waals surface area contributed by atoms with Crippen LogP contribution < -0.4 is 4.74 Å². The van der Waals surface area contributed by atoms with Gasteiger partial charge in [-0.3, -0.25) is 9.78 Å². The first-order valence-electron chi connectivity index (χ1n) is 10.0. The number of fused-ring (bicyclic) bond motifs is 1. The zero-order valence-corrected chi connectivity index (χ0v) is 16.6. The molecule has 156 valence electrons. The number of ether oxygens (including phenoxy) is 2. The van der Waals surface area contributed by atoms with Crippen molar-refractivity contribution >= 4 is 16.8 Å². The van der Waals surface area contributed by atoms with Crippen molar-refractivity contribution in [2.24, 2.45) is 0 Å². The Hall–Kier alpha value is -3.62. The predicted octanol–water partition coefficient (Wildman–Crippen LogP) is 3.37. The average molecular weight is 416 g/mol. The number of carbonyl (C=O) groups excluding carboxylic acids is 1. The van der Waals surface area contributed by atoms with E-state index in [1.165, 1.54) is 12.4 Å². The summed E-state index contributed by atoms with van der Waals surface area (Å²) in [5.41, 5.74) is 1.28. The number of aliphatic hydroxyl groups is 1. The third-order valence-electron chi connectivity index (χ3n) is 5.36. The Labute approximate surface area is 177 Å². The van der Waals surface area contributed by atoms with Gasteiger partial charge in [-0.2, -0.15) is 0 Å². The molecular weight excluding hydrogens is 396 g/mol. The Morgan fingerprint density at radius 3 is 2.55 bits per heavy atom. The van der Waals surface area contributed by atoms with Gasteiger partial charge >= 0.3 is 0 Å². The van der Waals surface area contributed by atoms with Gasteiger partial charge in [0.15, 0.2) is 5.82 Å². The standard InChI is InChI=1S/C23H20N4O4/c28-19(21-26-17-3-1-2-4-18(17)27-21)15-5-7-16(8-6-15)31-22-20(24-11-12-25-22)23(29)9-13-30-14-10-23/h1-8,11-12,29H,9-10,13-14H2,(H,26,27). The minimum Gasteiger partial charge on any atom is -0.437 e. The maximum atomic E-state index is 12.8. The van der Waals surface area contributed by atoms with E-state index < -0.39 is 5.60 Å². The minimum atomic E-state index is -1.14. The van der Waals surface area contributed by atoms with Gasteiger partial charge in [-0.15, -0.1) is 0 Å². The molecule has 4 aromatic rings. The van der Waals surface area contributed by atoms with Crippen LogP contribution in [0.1, 0.15) is 34.7 Å². The normalized spacial score (nSPS) is 15.6. The summed E-state index contributed by atoms with van der Waals surface area (Å²) in [5, 5.41) is 11.0. The van der Waals surface area contributed by atoms with Crippen LogP contribution in [-0.4, -0.2) is 44.0 Å². The van der Waals surface area contributed by atoms with E-state index in [2.05, 4.69) is 19.9 Å². The molecule has 0 spiro atoms. The molecule has 0 saturated carbocycles. The highest BCUT2D eigenvalue weighted by molar-refractivity contribution is 6.08. The fourth-order valence-corrected chi connectivity index (χ4v) is 3.65. The van der Waals surface area contributed by atoms with Crippen LogP contribution in [0.4, 0.5) is 0 Å². The third-order valence-corrected chi connectivity index (χ3v) is 5.36. The van der Waals surface area contributed by atoms with Crippen molar-refractivity contribution in [2.45, 2.75) is 18.4 Å². The van der Waals surface area contributed by atoms with Gasteiger partial charge < -0.3 is 19.6 Å². The van der Waals surface area contributed by atoms with E-state index in [1.807, 2.05) is 24.3 Å². The number of nitrogens with zero attached hydrogens (tertiary/aromatic N) is 3. The maximum Gasteiger partial charge on any atom is 0.244 e. The molecule has 1 aliphatic heterocycles. The lowest BCUT2D eigenvalue weighted by molar-refractivity contribution is -0.0717. The molecule has 2 aromatic carbocycles. The number of rotatable bonds is 5. The molecule has 0 aliphatic carbocycles. The molecule has 3 heterocycles. The first-order chi connectivity index (χ1) is 15.1. The fraction of sp³-hybridized carbons (Fsp3) is 0.217. The van der Waals surface area contributed by atoms with E-state index >= 15 is 0 Å². The Kier molecular flexibility index (Phi) is 4.93. The van der Waals surface area contributed by atoms with Crippen molar-refractivity contribution in [3.05, 3.63) is 78.0 Å². The molecule has 8 heteroatoms. The van der Waals surface area contributed by atoms with Gasteiger partial charge in [-0.1, -0.05) is 12.1 Å². The van der Waals surface area contributed by atoms with Crippen molar-refractivity contribution < 1.29 is 19.4 Å². The summed E-state index contributed by atoms with van der Waals surface area (Å²) in [5.74, 6) is 0.800. The van der Waals surface area contributed by atoms with Crippen LogP contribution in [0.5, 0.6) is 11.6 Å². The monoisotopic (exact) mass is 416 g/mol. The van der Waals surface area contributed by atoms with Crippen LogP contribution in [0.3, 0.4) is 0 Å². The molecule has 8 nitrogen and oxygen atoms in total. The Bertz CT molecular complexity index is 1200. The molecule has 0 unspecified atom stereocenters. The smallest absolute Gasteiger partial charge is 0.244 e. The SMILES string of the molecule is O=C(c1ccc(Oc2nccnc2C2(O)CCOCC2)cc1)c1nc2ccccc2[nH]1. The van der Waals surface area contributed by atoms with Gasteiger partial charge in [0.05, 0.1) is 11.0 Å². The zero-order chi connectivity index (χ0) is 21.3. The third kappa shape index (κ3) is 3.78. The van der Waals surface area contributed by atoms with E-state index in [0.29, 0.717) is 43.1 Å². The second-order valence-corrected chi connectivity index (χ2v) is 7.41. The van der Waals surface area contributed by atoms with Gasteiger partial charge in [0.25, 0.3) is 0 Å². The number of ketones is 1. The maximum absolute atomic E-state index is 12.8. The van der Waals surface area contributed by atoms with Crippen LogP contribution in [0.25, 0.3) is 11.0 Å². The lowest BCUT2D eigenvalue weighted by Crippen LogP contribution is -2.34. The predicted molar refractivity (Wildman–Crippen MR) is 112 cm³/mol. The molecule has 31 heavy (non-hydrogen) atoms. The number of para-hydroxylation sites is 2. The van der Waals surface area contributed by atoms with Crippen molar-refractivity contribution in [3.63, 3.8) is 0 Å². The van der Waals surface area contributed by atoms with Gasteiger partial charge in [-0.05, 0) is 36.4 Å². The molecule has 0 atom stereocenters. The van der Waals surface area contributed by atoms with Crippen molar-refractivity contribution in [3.8, 4) is 11.6 Å². The summed E-state index contributed by atoms with van der Waals surface area (Å²) in [6, 6.07) is 14.2. The topological polar surface area (TPSA) is 110 Å². The van der Waals surface area contributed by atoms with Crippen molar-refractivity contribution in [1.29, 1.82) is 0 Å². The lowest BCUT2D eigenvalue weighted by atomic mass is 9.90. The zero-order valence-electron chi connectivity index (χ0n) is 16.6. The highest BCUT2D eigenvalue weighted by Gasteiger charge is 2.36. The van der Waals surface area contributed by atoms with E-state index in [0.717, 1.165) is 11.0 Å². The molecule has 0 bridgehead atoms. The van der Waals surface area contributed by atoms with E-state index in [9.17, 15) is 9.90 Å². The number of imidazole rings is 1. The molecule has 1 saturated heterocycles. The van der Waals surface area contributed by atoms with Crippen molar-refractivity contribution in [1.82, 2.24) is 19.9 Å². The second kappa shape index (κ2) is 7.90. The summed E-state index contributed by atoms with van der Waals surface area (Å²) in [6.07, 6.45) is 3.89. The largest absolute Gasteiger partial charge is 0.437 e. The molecule has 0 amide bonds. The number of carbonyl (C=O) groups is 1. The van der Waals surface area contributed by atoms with Gasteiger partial charge in [0, 0.05) is 44.0 Å². The molecule has 1 aliphatic rings. The fourth-order valence-electron chi connectivity index (χ4n) is 3.65. The second-order valence-electron chi connectivity index (χ2n) is 7.41. The molecule has 2 N–H and O–H groups in total. The quantitative estimate of drug-likeness (QED) is 0.480. The molecule has 1 fully saturated rings. The van der Waals surface area contributed by atoms with Crippen LogP contribution in [0.2, 0.25) is 0 Å². The van der Waals surface area contributed by atoms with E-state index in [-0.39, 0.29) is 17.5 Å². The van der Waals surface area contributed by atoms with Crippen LogP contribution in [-0.2, 0) is 10.3 Å². The number of nitrogens with one attached hydrogen (secondary N) is 1. The van der Waals surface area contributed by atoms with Crippen molar-refractivity contribution in [2.75, 3.05) is 13.2 Å². The number of H-pyrrole nitrogens is 1. The first-order valence-corrected chi connectivity index (χ1v) is 10.0. The summed E-state index contributed by atoms with van der Waals surface area (Å²) < 4.78 is 11.3. The summed E-state index contributed by atoms with van der Waals surface area (Å²) in [6.45, 7) is 0.899. The number of aromatic amines is 1. The summed E-state index contributed by atoms with van der Waals surface area (Å²) >= 11 is 0. The Balaban J connectivity index is 1.37. The number of benzene rings is 2. The minimum absolute atomic E-state index is 0.209. The Morgan fingerprint density at radius 1 is 1.03 bits per heavy atom. The van der Waals surface area contributed by atoms with Gasteiger partial charge in [0.2, 0.25) is 11.7 Å². The lowest BCUT2D eigenvalue weighted by Gasteiger charge is -2.31. The van der Waals surface area contributed by atoms with Gasteiger partial charge in [-0.25, -0.2) is 9.97 Å². The number of hydrogen-bond donors (Lipinski definition) is 2. The van der Waals surface area contributed by atoms with Gasteiger partial charge in [0.1, 0.15) is 17.0 Å². The molecular formula is C23H20N4O4. The number of hydrogen-bond acceptors (Lipinski definition) is 7. The highest BCUT2D eigenvalue weighted by atomic mass is 16.5. The number of aromatic nitrogens is 4. The summed E-state index contributed by atoms with van der Waals surface area (Å²) in [4.78, 5) is 28.8. The first kappa shape index (κ1) is 19.3. The van der Waals surface area contributed by atoms with E-state index in [1.54, 1.807) is 24.3 Å². The molecule has 0 radical (unpaired) electrons. The highest BCUT2D eigenvalue weighted by Crippen LogP contribution is 2.36. The molecule has 2 aromatic heterocycles. The van der Waals surface area contributed by atoms with Crippen LogP contribution in [0, 0.1) is 0 Å². The van der Waals surface area contributed by atoms with Crippen LogP contribution in [0.15, 0.2) is 60.9 Å². The van der Waals surface area contributed by atoms with E-state index in [4.69, 9.17) is 9.47 Å². The summed E-state index contributed by atoms with van der Waals surface area (Å²) in [7, 11) is 0.